The van der Waals surface area contributed by atoms with E-state index in [1.807, 2.05) is 12.1 Å². The van der Waals surface area contributed by atoms with E-state index in [1.54, 1.807) is 0 Å². The topological polar surface area (TPSA) is 21.3 Å². The summed E-state index contributed by atoms with van der Waals surface area (Å²) in [5.41, 5.74) is 0. The van der Waals surface area contributed by atoms with E-state index in [-0.39, 0.29) is 0 Å². The molecule has 0 radical (unpaired) electrons. The Labute approximate surface area is 112 Å². The van der Waals surface area contributed by atoms with Crippen molar-refractivity contribution in [1.29, 1.82) is 0 Å². The summed E-state index contributed by atoms with van der Waals surface area (Å²) >= 11 is 2.30. The van der Waals surface area contributed by atoms with Crippen molar-refractivity contribution in [2.75, 3.05) is 13.2 Å². The van der Waals surface area contributed by atoms with Gasteiger partial charge in [0.25, 0.3) is 0 Å². The van der Waals surface area contributed by atoms with Crippen molar-refractivity contribution >= 4 is 22.6 Å². The standard InChI is InChI=1S/C13H20INO/c1-11(2)15-8-3-4-9-16-13-7-5-6-12(14)10-13/h5-7,10-11,15H,3-4,8-9H2,1-2H3. The van der Waals surface area contributed by atoms with E-state index in [0.29, 0.717) is 6.04 Å². The van der Waals surface area contributed by atoms with Crippen LogP contribution in [0.2, 0.25) is 0 Å². The number of benzene rings is 1. The van der Waals surface area contributed by atoms with Gasteiger partial charge in [-0.1, -0.05) is 19.9 Å². The van der Waals surface area contributed by atoms with Crippen LogP contribution < -0.4 is 10.1 Å². The molecule has 0 aromatic heterocycles. The third kappa shape index (κ3) is 6.33. The van der Waals surface area contributed by atoms with Crippen LogP contribution in [0.3, 0.4) is 0 Å². The van der Waals surface area contributed by atoms with Gasteiger partial charge in [0.1, 0.15) is 5.75 Å². The van der Waals surface area contributed by atoms with Crippen LogP contribution in [0.25, 0.3) is 0 Å². The van der Waals surface area contributed by atoms with Crippen LogP contribution in [0.5, 0.6) is 5.75 Å². The van der Waals surface area contributed by atoms with Crippen LogP contribution in [0, 0.1) is 3.57 Å². The molecule has 16 heavy (non-hydrogen) atoms. The highest BCUT2D eigenvalue weighted by Crippen LogP contribution is 2.14. The summed E-state index contributed by atoms with van der Waals surface area (Å²) in [4.78, 5) is 0. The molecule has 0 aliphatic rings. The highest BCUT2D eigenvalue weighted by molar-refractivity contribution is 14.1. The first-order valence-electron chi connectivity index (χ1n) is 5.80. The lowest BCUT2D eigenvalue weighted by atomic mass is 10.3. The Hall–Kier alpha value is -0.290. The first-order valence-corrected chi connectivity index (χ1v) is 6.88. The summed E-state index contributed by atoms with van der Waals surface area (Å²) in [6, 6.07) is 8.75. The van der Waals surface area contributed by atoms with Crippen molar-refractivity contribution in [2.45, 2.75) is 32.7 Å². The highest BCUT2D eigenvalue weighted by Gasteiger charge is 1.95. The zero-order valence-corrected chi connectivity index (χ0v) is 12.2. The van der Waals surface area contributed by atoms with Gasteiger partial charge in [-0.3, -0.25) is 0 Å². The molecule has 0 atom stereocenters. The molecule has 3 heteroatoms. The van der Waals surface area contributed by atoms with Gasteiger partial charge in [-0.15, -0.1) is 0 Å². The van der Waals surface area contributed by atoms with E-state index in [9.17, 15) is 0 Å². The van der Waals surface area contributed by atoms with E-state index in [1.165, 1.54) is 9.99 Å². The second-order valence-electron chi connectivity index (χ2n) is 4.12. The van der Waals surface area contributed by atoms with Gasteiger partial charge in [-0.2, -0.15) is 0 Å². The quantitative estimate of drug-likeness (QED) is 0.610. The average Bonchev–Trinajstić information content (AvgIpc) is 2.23. The molecule has 0 bridgehead atoms. The number of unbranched alkanes of at least 4 members (excludes halogenated alkanes) is 1. The molecule has 0 aliphatic heterocycles. The number of halogens is 1. The monoisotopic (exact) mass is 333 g/mol. The fraction of sp³-hybridized carbons (Fsp3) is 0.538. The van der Waals surface area contributed by atoms with Crippen molar-refractivity contribution in [3.63, 3.8) is 0 Å². The van der Waals surface area contributed by atoms with Crippen LogP contribution in [0.4, 0.5) is 0 Å². The second-order valence-corrected chi connectivity index (χ2v) is 5.37. The van der Waals surface area contributed by atoms with Crippen LogP contribution in [0.15, 0.2) is 24.3 Å². The molecule has 0 aliphatic carbocycles. The van der Waals surface area contributed by atoms with Gasteiger partial charge < -0.3 is 10.1 Å². The normalized spacial score (nSPS) is 10.8. The molecule has 0 saturated carbocycles. The van der Waals surface area contributed by atoms with Crippen molar-refractivity contribution in [1.82, 2.24) is 5.32 Å². The Balaban J connectivity index is 2.07. The Bertz CT molecular complexity index is 302. The third-order valence-electron chi connectivity index (χ3n) is 2.19. The lowest BCUT2D eigenvalue weighted by molar-refractivity contribution is 0.305. The number of hydrogen-bond acceptors (Lipinski definition) is 2. The van der Waals surface area contributed by atoms with Gasteiger partial charge in [0, 0.05) is 9.61 Å². The Kier molecular flexibility index (Phi) is 6.80. The van der Waals surface area contributed by atoms with Crippen LogP contribution in [-0.2, 0) is 0 Å². The minimum atomic E-state index is 0.580. The van der Waals surface area contributed by atoms with E-state index in [4.69, 9.17) is 4.74 Å². The number of rotatable bonds is 7. The van der Waals surface area contributed by atoms with Crippen LogP contribution in [0.1, 0.15) is 26.7 Å². The third-order valence-corrected chi connectivity index (χ3v) is 2.86. The minimum absolute atomic E-state index is 0.580. The SMILES string of the molecule is CC(C)NCCCCOc1cccc(I)c1. The van der Waals surface area contributed by atoms with Crippen LogP contribution in [-0.4, -0.2) is 19.2 Å². The molecule has 0 unspecified atom stereocenters. The molecule has 1 aromatic rings. The van der Waals surface area contributed by atoms with Crippen LogP contribution >= 0.6 is 22.6 Å². The largest absolute Gasteiger partial charge is 0.494 e. The second kappa shape index (κ2) is 7.90. The maximum absolute atomic E-state index is 5.66. The summed E-state index contributed by atoms with van der Waals surface area (Å²) in [7, 11) is 0. The molecule has 0 amide bonds. The first-order chi connectivity index (χ1) is 7.68. The van der Waals surface area contributed by atoms with E-state index in [2.05, 4.69) is 53.9 Å². The first kappa shape index (κ1) is 13.8. The molecule has 0 saturated heterocycles. The Morgan fingerprint density at radius 1 is 1.31 bits per heavy atom. The molecule has 90 valence electrons. The summed E-state index contributed by atoms with van der Waals surface area (Å²) in [5.74, 6) is 0.976. The van der Waals surface area contributed by atoms with Gasteiger partial charge >= 0.3 is 0 Å². The Morgan fingerprint density at radius 2 is 2.12 bits per heavy atom. The molecule has 1 aromatic carbocycles. The molecule has 0 spiro atoms. The lowest BCUT2D eigenvalue weighted by Gasteiger charge is -2.08. The fourth-order valence-corrected chi connectivity index (χ4v) is 1.88. The summed E-state index contributed by atoms with van der Waals surface area (Å²) in [6.45, 7) is 6.22. The Morgan fingerprint density at radius 3 is 2.81 bits per heavy atom. The summed E-state index contributed by atoms with van der Waals surface area (Å²) < 4.78 is 6.88. The van der Waals surface area contributed by atoms with Crippen molar-refractivity contribution < 1.29 is 4.74 Å². The highest BCUT2D eigenvalue weighted by atomic mass is 127. The smallest absolute Gasteiger partial charge is 0.120 e. The zero-order chi connectivity index (χ0) is 11.8. The van der Waals surface area contributed by atoms with E-state index >= 15 is 0 Å². The van der Waals surface area contributed by atoms with E-state index in [0.717, 1.165) is 25.3 Å². The molecule has 1 N–H and O–H groups in total. The fourth-order valence-electron chi connectivity index (χ4n) is 1.36. The summed E-state index contributed by atoms with van der Waals surface area (Å²) in [6.07, 6.45) is 2.27. The predicted octanol–water partition coefficient (Wildman–Crippen LogP) is 3.45. The maximum atomic E-state index is 5.66. The van der Waals surface area contributed by atoms with Crippen molar-refractivity contribution in [2.24, 2.45) is 0 Å². The number of nitrogens with one attached hydrogen (secondary N) is 1. The van der Waals surface area contributed by atoms with Gasteiger partial charge in [0.2, 0.25) is 0 Å². The van der Waals surface area contributed by atoms with Crippen molar-refractivity contribution in [3.05, 3.63) is 27.8 Å². The van der Waals surface area contributed by atoms with Gasteiger partial charge in [-0.05, 0) is 60.2 Å². The molecular weight excluding hydrogens is 313 g/mol. The number of ether oxygens (including phenoxy) is 1. The number of hydrogen-bond donors (Lipinski definition) is 1. The van der Waals surface area contributed by atoms with Gasteiger partial charge in [-0.25, -0.2) is 0 Å². The minimum Gasteiger partial charge on any atom is -0.494 e. The molecule has 1 rings (SSSR count). The molecule has 2 nitrogen and oxygen atoms in total. The molecule has 0 fully saturated rings. The zero-order valence-electron chi connectivity index (χ0n) is 10.0. The molecular formula is C13H20INO. The van der Waals surface area contributed by atoms with E-state index < -0.39 is 0 Å². The molecule has 0 heterocycles. The predicted molar refractivity (Wildman–Crippen MR) is 77.0 cm³/mol. The van der Waals surface area contributed by atoms with Gasteiger partial charge in [0.15, 0.2) is 0 Å². The lowest BCUT2D eigenvalue weighted by Crippen LogP contribution is -2.23. The maximum Gasteiger partial charge on any atom is 0.120 e. The van der Waals surface area contributed by atoms with Crippen molar-refractivity contribution in [3.8, 4) is 5.75 Å². The summed E-state index contributed by atoms with van der Waals surface area (Å²) in [5, 5.41) is 3.40. The van der Waals surface area contributed by atoms with Gasteiger partial charge in [0.05, 0.1) is 6.61 Å². The average molecular weight is 333 g/mol.